The van der Waals surface area contributed by atoms with Gasteiger partial charge in [0.05, 0.1) is 39.3 Å². The molecule has 0 aliphatic rings. The van der Waals surface area contributed by atoms with Gasteiger partial charge in [0.1, 0.15) is 12.4 Å². The summed E-state index contributed by atoms with van der Waals surface area (Å²) in [6, 6.07) is 21.0. The summed E-state index contributed by atoms with van der Waals surface area (Å²) in [5.41, 5.74) is 4.54. The first-order valence-electron chi connectivity index (χ1n) is 13.8. The molecule has 0 aliphatic carbocycles. The summed E-state index contributed by atoms with van der Waals surface area (Å²) in [5, 5.41) is 14.5. The predicted molar refractivity (Wildman–Crippen MR) is 177 cm³/mol. The lowest BCUT2D eigenvalue weighted by atomic mass is 9.96. The number of benzene rings is 4. The summed E-state index contributed by atoms with van der Waals surface area (Å²) in [6.07, 6.45) is 1.55. The molecule has 10 heteroatoms. The zero-order valence-corrected chi connectivity index (χ0v) is 26.8. The van der Waals surface area contributed by atoms with Gasteiger partial charge in [0.2, 0.25) is 0 Å². The van der Waals surface area contributed by atoms with Crippen molar-refractivity contribution in [3.05, 3.63) is 120 Å². The molecule has 1 heterocycles. The molecule has 0 fully saturated rings. The van der Waals surface area contributed by atoms with Gasteiger partial charge in [-0.2, -0.15) is 9.78 Å². The molecule has 224 valence electrons. The van der Waals surface area contributed by atoms with Crippen molar-refractivity contribution < 1.29 is 19.4 Å². The van der Waals surface area contributed by atoms with E-state index in [0.717, 1.165) is 28.0 Å². The van der Waals surface area contributed by atoms with Crippen LogP contribution in [0.5, 0.6) is 11.5 Å². The van der Waals surface area contributed by atoms with E-state index in [1.54, 1.807) is 49.7 Å². The zero-order chi connectivity index (χ0) is 31.5. The van der Waals surface area contributed by atoms with Crippen LogP contribution in [0.3, 0.4) is 0 Å². The average molecular weight is 675 g/mol. The Balaban J connectivity index is 1.52. The van der Waals surface area contributed by atoms with Crippen LogP contribution in [0.25, 0.3) is 22.3 Å². The number of hydrogen-bond donors (Lipinski definition) is 1. The number of aromatic carboxylic acids is 1. The number of ether oxygens (including phenoxy) is 2. The Kier molecular flexibility index (Phi) is 9.17. The Labute approximate surface area is 267 Å². The van der Waals surface area contributed by atoms with Crippen molar-refractivity contribution in [3.8, 4) is 22.9 Å². The van der Waals surface area contributed by atoms with Crippen molar-refractivity contribution in [2.24, 2.45) is 5.10 Å². The number of fused-ring (bicyclic) bond motifs is 1. The molecular formula is C34H29BrClN3O5. The van der Waals surface area contributed by atoms with Crippen LogP contribution in [0.4, 0.5) is 0 Å². The molecule has 5 rings (SSSR count). The third kappa shape index (κ3) is 6.39. The van der Waals surface area contributed by atoms with Crippen LogP contribution < -0.4 is 15.0 Å². The largest absolute Gasteiger partial charge is 0.496 e. The molecule has 1 N–H and O–H groups in total. The second kappa shape index (κ2) is 13.0. The number of nitrogens with zero attached hydrogens (tertiary/aromatic N) is 3. The molecule has 0 saturated heterocycles. The number of aryl methyl sites for hydroxylation is 1. The molecule has 0 spiro atoms. The SMILES string of the molecule is COc1cc(C)c(-c2nc3ccccc3c(=O)n2N=Cc2cc(Cl)c(OCc3ccc(C(=O)O)cc3)c(Br)c2)cc1C(C)C. The number of rotatable bonds is 9. The predicted octanol–water partition coefficient (Wildman–Crippen LogP) is 8.08. The van der Waals surface area contributed by atoms with Gasteiger partial charge in [-0.1, -0.05) is 49.7 Å². The highest BCUT2D eigenvalue weighted by molar-refractivity contribution is 9.10. The minimum atomic E-state index is -0.992. The zero-order valence-electron chi connectivity index (χ0n) is 24.5. The van der Waals surface area contributed by atoms with Crippen LogP contribution in [0.2, 0.25) is 5.02 Å². The fourth-order valence-electron chi connectivity index (χ4n) is 4.79. The van der Waals surface area contributed by atoms with Crippen LogP contribution in [0.1, 0.15) is 52.4 Å². The quantitative estimate of drug-likeness (QED) is 0.159. The maximum absolute atomic E-state index is 13.8. The van der Waals surface area contributed by atoms with Gasteiger partial charge in [0, 0.05) is 5.56 Å². The maximum atomic E-state index is 13.8. The summed E-state index contributed by atoms with van der Waals surface area (Å²) in [7, 11) is 1.65. The average Bonchev–Trinajstić information content (AvgIpc) is 3.00. The second-order valence-corrected chi connectivity index (χ2v) is 11.7. The van der Waals surface area contributed by atoms with E-state index in [1.807, 2.05) is 31.2 Å². The van der Waals surface area contributed by atoms with Gasteiger partial charge in [-0.3, -0.25) is 4.79 Å². The lowest BCUT2D eigenvalue weighted by Crippen LogP contribution is -2.20. The third-order valence-electron chi connectivity index (χ3n) is 7.12. The van der Waals surface area contributed by atoms with E-state index >= 15 is 0 Å². The summed E-state index contributed by atoms with van der Waals surface area (Å²) < 4.78 is 13.5. The molecule has 5 aromatic rings. The summed E-state index contributed by atoms with van der Waals surface area (Å²) >= 11 is 10.1. The van der Waals surface area contributed by atoms with Crippen molar-refractivity contribution in [1.82, 2.24) is 9.66 Å². The number of halogens is 2. The van der Waals surface area contributed by atoms with Gasteiger partial charge in [0.15, 0.2) is 11.6 Å². The van der Waals surface area contributed by atoms with Gasteiger partial charge in [0.25, 0.3) is 5.56 Å². The van der Waals surface area contributed by atoms with Gasteiger partial charge in [-0.05, 0) is 99.6 Å². The molecule has 8 nitrogen and oxygen atoms in total. The van der Waals surface area contributed by atoms with Gasteiger partial charge in [-0.15, -0.1) is 0 Å². The van der Waals surface area contributed by atoms with Crippen LogP contribution in [-0.4, -0.2) is 34.1 Å². The summed E-state index contributed by atoms with van der Waals surface area (Å²) in [4.78, 5) is 29.7. The number of para-hydroxylation sites is 1. The number of hydrogen-bond acceptors (Lipinski definition) is 6. The van der Waals surface area contributed by atoms with Crippen molar-refractivity contribution in [1.29, 1.82) is 0 Å². The molecule has 0 bridgehead atoms. The highest BCUT2D eigenvalue weighted by atomic mass is 79.9. The second-order valence-electron chi connectivity index (χ2n) is 10.5. The Bertz CT molecular complexity index is 1950. The maximum Gasteiger partial charge on any atom is 0.335 e. The van der Waals surface area contributed by atoms with Crippen LogP contribution in [0.15, 0.2) is 87.2 Å². The fraction of sp³-hybridized carbons (Fsp3) is 0.176. The molecule has 1 aromatic heterocycles. The topological polar surface area (TPSA) is 103 Å². The van der Waals surface area contributed by atoms with E-state index in [-0.39, 0.29) is 23.6 Å². The van der Waals surface area contributed by atoms with Gasteiger partial charge >= 0.3 is 5.97 Å². The molecular weight excluding hydrogens is 646 g/mol. The molecule has 4 aromatic carbocycles. The number of methoxy groups -OCH3 is 1. The minimum absolute atomic E-state index is 0.178. The third-order valence-corrected chi connectivity index (χ3v) is 7.99. The first-order valence-corrected chi connectivity index (χ1v) is 14.9. The minimum Gasteiger partial charge on any atom is -0.496 e. The van der Waals surface area contributed by atoms with Crippen LogP contribution in [-0.2, 0) is 6.61 Å². The lowest BCUT2D eigenvalue weighted by Gasteiger charge is -2.17. The number of carboxylic acids is 1. The van der Waals surface area contributed by atoms with Crippen molar-refractivity contribution in [2.75, 3.05) is 7.11 Å². The smallest absolute Gasteiger partial charge is 0.335 e. The highest BCUT2D eigenvalue weighted by Gasteiger charge is 2.18. The fourth-order valence-corrected chi connectivity index (χ4v) is 5.78. The van der Waals surface area contributed by atoms with E-state index in [9.17, 15) is 9.59 Å². The van der Waals surface area contributed by atoms with Gasteiger partial charge in [-0.25, -0.2) is 9.78 Å². The highest BCUT2D eigenvalue weighted by Crippen LogP contribution is 2.36. The summed E-state index contributed by atoms with van der Waals surface area (Å²) in [5.74, 6) is 0.794. The van der Waals surface area contributed by atoms with Crippen molar-refractivity contribution >= 4 is 50.6 Å². The molecule has 0 aliphatic heterocycles. The van der Waals surface area contributed by atoms with E-state index in [4.69, 9.17) is 31.2 Å². The van der Waals surface area contributed by atoms with Crippen LogP contribution in [0, 0.1) is 6.92 Å². The Morgan fingerprint density at radius 1 is 1.11 bits per heavy atom. The van der Waals surface area contributed by atoms with E-state index < -0.39 is 5.97 Å². The normalized spacial score (nSPS) is 11.4. The lowest BCUT2D eigenvalue weighted by molar-refractivity contribution is 0.0697. The Morgan fingerprint density at radius 3 is 2.50 bits per heavy atom. The monoisotopic (exact) mass is 673 g/mol. The molecule has 0 atom stereocenters. The molecule has 44 heavy (non-hydrogen) atoms. The first-order chi connectivity index (χ1) is 21.1. The van der Waals surface area contributed by atoms with E-state index in [0.29, 0.717) is 37.5 Å². The number of aromatic nitrogens is 2. The Hall–Kier alpha value is -4.47. The molecule has 0 amide bonds. The molecule has 0 radical (unpaired) electrons. The van der Waals surface area contributed by atoms with Crippen molar-refractivity contribution in [3.63, 3.8) is 0 Å². The van der Waals surface area contributed by atoms with Gasteiger partial charge < -0.3 is 14.6 Å². The van der Waals surface area contributed by atoms with Crippen LogP contribution >= 0.6 is 27.5 Å². The summed E-state index contributed by atoms with van der Waals surface area (Å²) in [6.45, 7) is 6.31. The Morgan fingerprint density at radius 2 is 1.84 bits per heavy atom. The standard InChI is InChI=1S/C34H29BrClN3O5/c1-19(2)25-16-26(20(3)13-30(25)43-4)32-38-29-8-6-5-7-24(29)33(40)39(32)37-17-22-14-27(35)31(28(36)15-22)44-18-21-9-11-23(12-10-21)34(41)42/h5-17,19H,18H2,1-4H3,(H,41,42). The molecule has 0 unspecified atom stereocenters. The van der Waals surface area contributed by atoms with Crippen molar-refractivity contribution in [2.45, 2.75) is 33.3 Å². The molecule has 0 saturated carbocycles. The first kappa shape index (κ1) is 31.0. The van der Waals surface area contributed by atoms with E-state index in [1.165, 1.54) is 16.8 Å². The number of carbonyl (C=O) groups is 1. The van der Waals surface area contributed by atoms with E-state index in [2.05, 4.69) is 34.9 Å². The number of carboxylic acid groups (broad SMARTS) is 1.